The molecule has 4 heterocycles. The molecule has 0 radical (unpaired) electrons. The van der Waals surface area contributed by atoms with Gasteiger partial charge in [-0.1, -0.05) is 40.7 Å². The van der Waals surface area contributed by atoms with Gasteiger partial charge in [0.25, 0.3) is 5.97 Å². The lowest BCUT2D eigenvalue weighted by Gasteiger charge is -2.75. The molecule has 0 amide bonds. The van der Waals surface area contributed by atoms with Crippen molar-refractivity contribution in [2.75, 3.05) is 7.11 Å². The maximum absolute atomic E-state index is 13.8. The highest BCUT2D eigenvalue weighted by Gasteiger charge is 3.03. The molecule has 7 aliphatic rings. The molecule has 6 fully saturated rings. The molecule has 13 nitrogen and oxygen atoms in total. The number of carbonyl (C=O) groups is 4. The molecule has 12 atom stereocenters. The predicted octanol–water partition coefficient (Wildman–Crippen LogP) is 4.37. The summed E-state index contributed by atoms with van der Waals surface area (Å²) in [5.74, 6) is -5.61. The third-order valence-electron chi connectivity index (χ3n) is 14.3. The third-order valence-corrected chi connectivity index (χ3v) is 14.3. The van der Waals surface area contributed by atoms with Gasteiger partial charge >= 0.3 is 23.9 Å². The number of ether oxygens (including phenoxy) is 7. The van der Waals surface area contributed by atoms with Crippen LogP contribution in [0.25, 0.3) is 0 Å². The van der Waals surface area contributed by atoms with Crippen molar-refractivity contribution in [3.63, 3.8) is 0 Å². The molecule has 1 N–H and O–H groups in total. The average Bonchev–Trinajstić information content (AvgIpc) is 3.86. The second kappa shape index (κ2) is 10.1. The van der Waals surface area contributed by atoms with Gasteiger partial charge in [0, 0.05) is 52.7 Å². The molecule has 1 aromatic heterocycles. The molecule has 8 rings (SSSR count). The lowest BCUT2D eigenvalue weighted by molar-refractivity contribution is -0.453. The molecule has 4 bridgehead atoms. The van der Waals surface area contributed by atoms with E-state index in [2.05, 4.69) is 0 Å². The SMILES string of the molecule is CC=C(C)C(=O)OC1C2(C)CC3(O)C1(OC(C)=O)C1OC4(C(C)C)OC15C1=CC(=O)OC(c6ccoc6)C1(C)CCC5(O4)C3(C)C2CC(=O)OC. The first-order valence-corrected chi connectivity index (χ1v) is 17.7. The Balaban J connectivity index is 1.48. The Hall–Kier alpha value is -3.52. The van der Waals surface area contributed by atoms with Crippen LogP contribution in [0.4, 0.5) is 0 Å². The second-order valence-electron chi connectivity index (χ2n) is 16.6. The number of hydrogen-bond donors (Lipinski definition) is 1. The highest BCUT2D eigenvalue weighted by atomic mass is 17.0. The topological polar surface area (TPSA) is 166 Å². The van der Waals surface area contributed by atoms with Crippen LogP contribution in [-0.4, -0.2) is 76.7 Å². The van der Waals surface area contributed by atoms with E-state index in [0.717, 1.165) is 0 Å². The first-order chi connectivity index (χ1) is 23.8. The molecule has 276 valence electrons. The van der Waals surface area contributed by atoms with Crippen LogP contribution in [0.5, 0.6) is 0 Å². The highest BCUT2D eigenvalue weighted by molar-refractivity contribution is 5.88. The second-order valence-corrected chi connectivity index (χ2v) is 16.6. The lowest BCUT2D eigenvalue weighted by Crippen LogP contribution is -2.92. The maximum Gasteiger partial charge on any atom is 0.333 e. The predicted molar refractivity (Wildman–Crippen MR) is 173 cm³/mol. The zero-order chi connectivity index (χ0) is 36.9. The van der Waals surface area contributed by atoms with Gasteiger partial charge < -0.3 is 42.7 Å². The molecule has 3 aliphatic heterocycles. The van der Waals surface area contributed by atoms with E-state index < -0.39 is 98.6 Å². The van der Waals surface area contributed by atoms with Crippen LogP contribution < -0.4 is 0 Å². The maximum atomic E-state index is 13.8. The van der Waals surface area contributed by atoms with Crippen molar-refractivity contribution in [3.8, 4) is 0 Å². The van der Waals surface area contributed by atoms with Crippen molar-refractivity contribution in [1.82, 2.24) is 0 Å². The minimum absolute atomic E-state index is 0.0377. The number of furan rings is 1. The fourth-order valence-electron chi connectivity index (χ4n) is 12.1. The van der Waals surface area contributed by atoms with Crippen LogP contribution in [0.1, 0.15) is 92.7 Å². The van der Waals surface area contributed by atoms with Gasteiger partial charge in [0.1, 0.15) is 23.4 Å². The van der Waals surface area contributed by atoms with E-state index >= 15 is 0 Å². The fourth-order valence-corrected chi connectivity index (χ4v) is 12.1. The number of fused-ring (bicyclic) bond motifs is 4. The van der Waals surface area contributed by atoms with Crippen LogP contribution in [0.2, 0.25) is 0 Å². The number of aliphatic hydroxyl groups is 1. The van der Waals surface area contributed by atoms with Crippen LogP contribution in [0, 0.1) is 28.1 Å². The van der Waals surface area contributed by atoms with Gasteiger partial charge in [-0.2, -0.15) is 0 Å². The number of carbonyl (C=O) groups excluding carboxylic acids is 4. The van der Waals surface area contributed by atoms with Crippen molar-refractivity contribution < 1.29 is 61.9 Å². The Kier molecular flexibility index (Phi) is 6.86. The number of allylic oxidation sites excluding steroid dienone is 1. The minimum Gasteiger partial charge on any atom is -0.472 e. The molecular formula is C38H46O13. The normalized spacial score (nSPS) is 48.5. The molecule has 12 unspecified atom stereocenters. The van der Waals surface area contributed by atoms with Gasteiger partial charge in [-0.3, -0.25) is 9.59 Å². The van der Waals surface area contributed by atoms with Gasteiger partial charge in [-0.05, 0) is 50.7 Å². The molecule has 0 aromatic carbocycles. The van der Waals surface area contributed by atoms with Crippen molar-refractivity contribution in [3.05, 3.63) is 47.5 Å². The summed E-state index contributed by atoms with van der Waals surface area (Å²) in [5, 5.41) is 13.7. The summed E-state index contributed by atoms with van der Waals surface area (Å²) in [4.78, 5) is 54.6. The summed E-state index contributed by atoms with van der Waals surface area (Å²) in [6.07, 6.45) is 3.00. The van der Waals surface area contributed by atoms with Crippen molar-refractivity contribution in [2.45, 2.75) is 128 Å². The van der Waals surface area contributed by atoms with Crippen LogP contribution in [0.3, 0.4) is 0 Å². The number of rotatable bonds is 7. The zero-order valence-electron chi connectivity index (χ0n) is 30.4. The van der Waals surface area contributed by atoms with Crippen LogP contribution in [0.15, 0.2) is 46.3 Å². The number of esters is 4. The van der Waals surface area contributed by atoms with E-state index in [4.69, 9.17) is 37.6 Å². The number of hydrogen-bond acceptors (Lipinski definition) is 13. The summed E-state index contributed by atoms with van der Waals surface area (Å²) in [6.45, 7) is 13.9. The molecule has 4 aliphatic carbocycles. The van der Waals surface area contributed by atoms with E-state index in [0.29, 0.717) is 23.1 Å². The summed E-state index contributed by atoms with van der Waals surface area (Å²) >= 11 is 0. The van der Waals surface area contributed by atoms with E-state index in [1.807, 2.05) is 34.6 Å². The van der Waals surface area contributed by atoms with Crippen molar-refractivity contribution in [1.29, 1.82) is 0 Å². The summed E-state index contributed by atoms with van der Waals surface area (Å²) < 4.78 is 51.2. The quantitative estimate of drug-likeness (QED) is 0.241. The first-order valence-electron chi connectivity index (χ1n) is 17.7. The lowest BCUT2D eigenvalue weighted by atomic mass is 9.34. The minimum atomic E-state index is -2.10. The number of methoxy groups -OCH3 is 1. The van der Waals surface area contributed by atoms with Crippen molar-refractivity contribution >= 4 is 23.9 Å². The Labute approximate surface area is 295 Å². The molecule has 51 heavy (non-hydrogen) atoms. The Morgan fingerprint density at radius 3 is 2.45 bits per heavy atom. The van der Waals surface area contributed by atoms with Crippen LogP contribution >= 0.6 is 0 Å². The molecule has 13 heteroatoms. The number of cyclic esters (lactones) is 1. The highest BCUT2D eigenvalue weighted by Crippen LogP contribution is 2.88. The molecular weight excluding hydrogens is 664 g/mol. The van der Waals surface area contributed by atoms with E-state index in [1.54, 1.807) is 26.0 Å². The Morgan fingerprint density at radius 2 is 1.84 bits per heavy atom. The first kappa shape index (κ1) is 34.6. The zero-order valence-corrected chi connectivity index (χ0v) is 30.4. The average molecular weight is 711 g/mol. The summed E-state index contributed by atoms with van der Waals surface area (Å²) in [5.41, 5.74) is -9.46. The van der Waals surface area contributed by atoms with Gasteiger partial charge in [-0.25, -0.2) is 9.59 Å². The van der Waals surface area contributed by atoms with Gasteiger partial charge in [0.05, 0.1) is 19.6 Å². The van der Waals surface area contributed by atoms with E-state index in [1.165, 1.54) is 32.6 Å². The fraction of sp³-hybridized carbons (Fsp3) is 0.684. The largest absolute Gasteiger partial charge is 0.472 e. The van der Waals surface area contributed by atoms with E-state index in [-0.39, 0.29) is 19.3 Å². The molecule has 4 saturated carbocycles. The standard InChI is InChI=1S/C38H46O13/c1-10-20(4)28(42)47-29-32(7)18-34(43)33(8,23(32)15-25(40)44-9)35-13-12-31(6)24(16-26(41)46-27(31)22-11-14-45-17-22)36(35)30(37(29,34)48-21(5)39)49-38(50-35,51-36)19(2)3/h10-11,14,16-17,19,23,27,29-30,43H,12-13,15,18H2,1-9H3. The molecule has 1 spiro atoms. The molecule has 2 saturated heterocycles. The van der Waals surface area contributed by atoms with Gasteiger partial charge in [0.15, 0.2) is 11.7 Å². The molecule has 1 aromatic rings. The summed E-state index contributed by atoms with van der Waals surface area (Å²) in [6, 6.07) is 1.74. The Morgan fingerprint density at radius 1 is 1.12 bits per heavy atom. The van der Waals surface area contributed by atoms with Crippen molar-refractivity contribution in [2.24, 2.45) is 28.1 Å². The van der Waals surface area contributed by atoms with Gasteiger partial charge in [0.2, 0.25) is 5.60 Å². The smallest absolute Gasteiger partial charge is 0.333 e. The third kappa shape index (κ3) is 3.48. The van der Waals surface area contributed by atoms with Gasteiger partial charge in [-0.15, -0.1) is 0 Å². The summed E-state index contributed by atoms with van der Waals surface area (Å²) in [7, 11) is 1.29. The van der Waals surface area contributed by atoms with E-state index in [9.17, 15) is 24.3 Å². The Bertz CT molecular complexity index is 1810. The monoisotopic (exact) mass is 710 g/mol. The van der Waals surface area contributed by atoms with Crippen LogP contribution in [-0.2, 0) is 52.3 Å².